The summed E-state index contributed by atoms with van der Waals surface area (Å²) in [6, 6.07) is 9.59. The summed E-state index contributed by atoms with van der Waals surface area (Å²) in [6.07, 6.45) is 2.07. The number of benzene rings is 1. The third-order valence-electron chi connectivity index (χ3n) is 3.50. The van der Waals surface area contributed by atoms with Gasteiger partial charge in [-0.1, -0.05) is 44.2 Å². The van der Waals surface area contributed by atoms with E-state index >= 15 is 0 Å². The van der Waals surface area contributed by atoms with E-state index in [0.717, 1.165) is 12.8 Å². The lowest BCUT2D eigenvalue weighted by molar-refractivity contribution is -0.139. The van der Waals surface area contributed by atoms with Gasteiger partial charge in [0, 0.05) is 19.5 Å². The van der Waals surface area contributed by atoms with E-state index in [4.69, 9.17) is 0 Å². The standard InChI is InChI=1S/C17H26N2O2/c1-4-12-18-17(21)14(3)19(16(20)5-2)13-11-15-9-7-6-8-10-15/h6-10,14H,4-5,11-13H2,1-3H3,(H,18,21)/t14-/m1/s1. The molecule has 1 atom stereocenters. The topological polar surface area (TPSA) is 49.4 Å². The van der Waals surface area contributed by atoms with Gasteiger partial charge in [-0.3, -0.25) is 9.59 Å². The molecule has 0 aliphatic rings. The first-order valence-electron chi connectivity index (χ1n) is 7.71. The largest absolute Gasteiger partial charge is 0.354 e. The Balaban J connectivity index is 2.67. The van der Waals surface area contributed by atoms with Crippen molar-refractivity contribution in [2.75, 3.05) is 13.1 Å². The first-order chi connectivity index (χ1) is 10.1. The van der Waals surface area contributed by atoms with Gasteiger partial charge in [-0.15, -0.1) is 0 Å². The molecular weight excluding hydrogens is 264 g/mol. The molecule has 0 saturated heterocycles. The maximum atomic E-state index is 12.1. The zero-order valence-electron chi connectivity index (χ0n) is 13.3. The lowest BCUT2D eigenvalue weighted by Crippen LogP contribution is -2.48. The Morgan fingerprint density at radius 1 is 1.19 bits per heavy atom. The van der Waals surface area contributed by atoms with E-state index in [1.165, 1.54) is 5.56 Å². The highest BCUT2D eigenvalue weighted by molar-refractivity contribution is 5.87. The third-order valence-corrected chi connectivity index (χ3v) is 3.50. The first-order valence-corrected chi connectivity index (χ1v) is 7.71. The van der Waals surface area contributed by atoms with Gasteiger partial charge in [0.05, 0.1) is 0 Å². The van der Waals surface area contributed by atoms with Crippen molar-refractivity contribution < 1.29 is 9.59 Å². The van der Waals surface area contributed by atoms with Gasteiger partial charge in [0.15, 0.2) is 0 Å². The molecule has 0 fully saturated rings. The number of hydrogen-bond acceptors (Lipinski definition) is 2. The van der Waals surface area contributed by atoms with Crippen LogP contribution >= 0.6 is 0 Å². The molecular formula is C17H26N2O2. The summed E-state index contributed by atoms with van der Waals surface area (Å²) in [5.41, 5.74) is 1.17. The highest BCUT2D eigenvalue weighted by Crippen LogP contribution is 2.07. The van der Waals surface area contributed by atoms with Gasteiger partial charge in [0.1, 0.15) is 6.04 Å². The fourth-order valence-corrected chi connectivity index (χ4v) is 2.17. The molecule has 0 saturated carbocycles. The number of carbonyl (C=O) groups is 2. The van der Waals surface area contributed by atoms with Crippen LogP contribution in [0.3, 0.4) is 0 Å². The Bertz CT molecular complexity index is 445. The molecule has 0 radical (unpaired) electrons. The summed E-state index contributed by atoms with van der Waals surface area (Å²) in [6.45, 7) is 6.85. The van der Waals surface area contributed by atoms with Crippen molar-refractivity contribution >= 4 is 11.8 Å². The van der Waals surface area contributed by atoms with Crippen molar-refractivity contribution in [3.05, 3.63) is 35.9 Å². The van der Waals surface area contributed by atoms with E-state index in [-0.39, 0.29) is 11.8 Å². The van der Waals surface area contributed by atoms with Gasteiger partial charge < -0.3 is 10.2 Å². The molecule has 1 N–H and O–H groups in total. The molecule has 0 aliphatic carbocycles. The molecule has 116 valence electrons. The minimum Gasteiger partial charge on any atom is -0.354 e. The second kappa shape index (κ2) is 9.16. The van der Waals surface area contributed by atoms with Crippen molar-refractivity contribution in [3.63, 3.8) is 0 Å². The molecule has 0 bridgehead atoms. The second-order valence-corrected chi connectivity index (χ2v) is 5.14. The quantitative estimate of drug-likeness (QED) is 0.799. The molecule has 0 aromatic heterocycles. The molecule has 21 heavy (non-hydrogen) atoms. The SMILES string of the molecule is CCCNC(=O)[C@@H](C)N(CCc1ccccc1)C(=O)CC. The summed E-state index contributed by atoms with van der Waals surface area (Å²) in [5.74, 6) is -0.0585. The molecule has 0 aliphatic heterocycles. The Kier molecular flexibility index (Phi) is 7.51. The molecule has 0 spiro atoms. The first kappa shape index (κ1) is 17.2. The van der Waals surface area contributed by atoms with Gasteiger partial charge in [-0.05, 0) is 25.3 Å². The van der Waals surface area contributed by atoms with Crippen LogP contribution in [0.4, 0.5) is 0 Å². The number of nitrogens with one attached hydrogen (secondary N) is 1. The summed E-state index contributed by atoms with van der Waals surface area (Å²) >= 11 is 0. The van der Waals surface area contributed by atoms with Crippen LogP contribution in [0.1, 0.15) is 39.2 Å². The van der Waals surface area contributed by atoms with Gasteiger partial charge in [0.2, 0.25) is 11.8 Å². The van der Waals surface area contributed by atoms with E-state index in [9.17, 15) is 9.59 Å². The van der Waals surface area contributed by atoms with Crippen molar-refractivity contribution in [1.82, 2.24) is 10.2 Å². The van der Waals surface area contributed by atoms with Gasteiger partial charge >= 0.3 is 0 Å². The molecule has 1 aromatic carbocycles. The fourth-order valence-electron chi connectivity index (χ4n) is 2.17. The van der Waals surface area contributed by atoms with E-state index < -0.39 is 6.04 Å². The number of amides is 2. The highest BCUT2D eigenvalue weighted by Gasteiger charge is 2.24. The fraction of sp³-hybridized carbons (Fsp3) is 0.529. The summed E-state index contributed by atoms with van der Waals surface area (Å²) in [7, 11) is 0. The van der Waals surface area contributed by atoms with Crippen molar-refractivity contribution in [2.45, 2.75) is 46.1 Å². The molecule has 4 nitrogen and oxygen atoms in total. The molecule has 0 unspecified atom stereocenters. The van der Waals surface area contributed by atoms with Crippen LogP contribution in [0, 0.1) is 0 Å². The maximum absolute atomic E-state index is 12.1. The lowest BCUT2D eigenvalue weighted by atomic mass is 10.1. The van der Waals surface area contributed by atoms with Gasteiger partial charge in [0.25, 0.3) is 0 Å². The minimum absolute atomic E-state index is 0.0186. The zero-order valence-corrected chi connectivity index (χ0v) is 13.3. The van der Waals surface area contributed by atoms with E-state index in [0.29, 0.717) is 19.5 Å². The van der Waals surface area contributed by atoms with Crippen LogP contribution in [-0.2, 0) is 16.0 Å². The summed E-state index contributed by atoms with van der Waals surface area (Å²) < 4.78 is 0. The molecule has 1 aromatic rings. The smallest absolute Gasteiger partial charge is 0.242 e. The van der Waals surface area contributed by atoms with Crippen molar-refractivity contribution in [2.24, 2.45) is 0 Å². The Morgan fingerprint density at radius 2 is 1.86 bits per heavy atom. The number of rotatable bonds is 8. The van der Waals surface area contributed by atoms with Gasteiger partial charge in [-0.25, -0.2) is 0 Å². The number of hydrogen-bond donors (Lipinski definition) is 1. The average Bonchev–Trinajstić information content (AvgIpc) is 2.53. The summed E-state index contributed by atoms with van der Waals surface area (Å²) in [4.78, 5) is 25.8. The Hall–Kier alpha value is -1.84. The van der Waals surface area contributed by atoms with E-state index in [2.05, 4.69) is 5.32 Å². The molecule has 4 heteroatoms. The van der Waals surface area contributed by atoms with Crippen LogP contribution in [0.15, 0.2) is 30.3 Å². The molecule has 1 rings (SSSR count). The van der Waals surface area contributed by atoms with Crippen LogP contribution < -0.4 is 5.32 Å². The van der Waals surface area contributed by atoms with Crippen LogP contribution in [0.2, 0.25) is 0 Å². The Labute approximate surface area is 127 Å². The minimum atomic E-state index is -0.423. The van der Waals surface area contributed by atoms with Gasteiger partial charge in [-0.2, -0.15) is 0 Å². The second-order valence-electron chi connectivity index (χ2n) is 5.14. The summed E-state index contributed by atoms with van der Waals surface area (Å²) in [5, 5.41) is 2.86. The monoisotopic (exact) mass is 290 g/mol. The maximum Gasteiger partial charge on any atom is 0.242 e. The molecule has 2 amide bonds. The zero-order chi connectivity index (χ0) is 15.7. The average molecular weight is 290 g/mol. The number of nitrogens with zero attached hydrogens (tertiary/aromatic N) is 1. The predicted octanol–water partition coefficient (Wildman–Crippen LogP) is 2.38. The van der Waals surface area contributed by atoms with E-state index in [1.54, 1.807) is 11.8 Å². The van der Waals surface area contributed by atoms with Crippen molar-refractivity contribution in [3.8, 4) is 0 Å². The predicted molar refractivity (Wildman–Crippen MR) is 84.9 cm³/mol. The van der Waals surface area contributed by atoms with Crippen LogP contribution in [0.5, 0.6) is 0 Å². The normalized spacial score (nSPS) is 11.8. The van der Waals surface area contributed by atoms with Crippen LogP contribution in [0.25, 0.3) is 0 Å². The van der Waals surface area contributed by atoms with Crippen molar-refractivity contribution in [1.29, 1.82) is 0 Å². The number of carbonyl (C=O) groups excluding carboxylic acids is 2. The lowest BCUT2D eigenvalue weighted by Gasteiger charge is -2.28. The van der Waals surface area contributed by atoms with E-state index in [1.807, 2.05) is 44.2 Å². The third kappa shape index (κ3) is 5.58. The Morgan fingerprint density at radius 3 is 2.43 bits per heavy atom. The molecule has 0 heterocycles. The highest BCUT2D eigenvalue weighted by atomic mass is 16.2. The van der Waals surface area contributed by atoms with Crippen LogP contribution in [-0.4, -0.2) is 35.8 Å².